The minimum Gasteiger partial charge on any atom is -0.495 e. The van der Waals surface area contributed by atoms with Crippen molar-refractivity contribution in [2.24, 2.45) is 5.41 Å². The number of ketones is 1. The lowest BCUT2D eigenvalue weighted by molar-refractivity contribution is -0.130. The normalized spacial score (nSPS) is 26.0. The van der Waals surface area contributed by atoms with Crippen LogP contribution in [0, 0.1) is 16.7 Å². The summed E-state index contributed by atoms with van der Waals surface area (Å²) in [7, 11) is 1.66. The number of para-hydroxylation sites is 2. The first-order valence-corrected chi connectivity index (χ1v) is 8.10. The standard InChI is InChI=1S/C19H22N2O3/c1-18(2)12-19(10-14(11-20)17(18)22)13-21(8-9-24-19)15-6-4-5-7-16(15)23-3/h4-7,10H,8-9,12-13H2,1-3H3. The number of nitrogens with zero attached hydrogens (tertiary/aromatic N) is 2. The summed E-state index contributed by atoms with van der Waals surface area (Å²) in [5, 5.41) is 9.34. The van der Waals surface area contributed by atoms with Crippen LogP contribution in [0.25, 0.3) is 0 Å². The molecule has 1 spiro atoms. The van der Waals surface area contributed by atoms with Crippen molar-refractivity contribution in [3.63, 3.8) is 0 Å². The lowest BCUT2D eigenvalue weighted by Crippen LogP contribution is -2.55. The molecule has 1 fully saturated rings. The summed E-state index contributed by atoms with van der Waals surface area (Å²) < 4.78 is 11.6. The fourth-order valence-corrected chi connectivity index (χ4v) is 3.75. The summed E-state index contributed by atoms with van der Waals surface area (Å²) in [6, 6.07) is 9.92. The summed E-state index contributed by atoms with van der Waals surface area (Å²) in [5.74, 6) is 0.707. The number of carbonyl (C=O) groups excluding carboxylic acids is 1. The van der Waals surface area contributed by atoms with Gasteiger partial charge < -0.3 is 14.4 Å². The number of hydrogen-bond acceptors (Lipinski definition) is 5. The smallest absolute Gasteiger partial charge is 0.178 e. The maximum absolute atomic E-state index is 12.4. The van der Waals surface area contributed by atoms with E-state index < -0.39 is 11.0 Å². The lowest BCUT2D eigenvalue weighted by atomic mass is 9.69. The second-order valence-corrected chi connectivity index (χ2v) is 7.07. The summed E-state index contributed by atoms with van der Waals surface area (Å²) in [4.78, 5) is 14.6. The van der Waals surface area contributed by atoms with E-state index in [4.69, 9.17) is 9.47 Å². The monoisotopic (exact) mass is 326 g/mol. The van der Waals surface area contributed by atoms with Crippen LogP contribution in [0.5, 0.6) is 5.75 Å². The molecule has 0 saturated carbocycles. The van der Waals surface area contributed by atoms with Gasteiger partial charge in [-0.3, -0.25) is 4.79 Å². The molecule has 0 radical (unpaired) electrons. The average Bonchev–Trinajstić information content (AvgIpc) is 2.58. The molecule has 3 rings (SSSR count). The Morgan fingerprint density at radius 2 is 2.08 bits per heavy atom. The number of carbonyl (C=O) groups is 1. The first-order chi connectivity index (χ1) is 11.4. The van der Waals surface area contributed by atoms with Crippen molar-refractivity contribution in [1.82, 2.24) is 0 Å². The van der Waals surface area contributed by atoms with Gasteiger partial charge >= 0.3 is 0 Å². The van der Waals surface area contributed by atoms with Gasteiger partial charge in [-0.25, -0.2) is 0 Å². The van der Waals surface area contributed by atoms with Gasteiger partial charge in [0, 0.05) is 12.0 Å². The summed E-state index contributed by atoms with van der Waals surface area (Å²) >= 11 is 0. The summed E-state index contributed by atoms with van der Waals surface area (Å²) in [5.41, 5.74) is -0.0250. The molecule has 24 heavy (non-hydrogen) atoms. The number of allylic oxidation sites excluding steroid dienone is 1. The quantitative estimate of drug-likeness (QED) is 0.836. The van der Waals surface area contributed by atoms with Gasteiger partial charge in [-0.15, -0.1) is 0 Å². The van der Waals surface area contributed by atoms with Gasteiger partial charge in [0.05, 0.1) is 31.5 Å². The molecule has 5 nitrogen and oxygen atoms in total. The Hall–Kier alpha value is -2.32. The van der Waals surface area contributed by atoms with Crippen molar-refractivity contribution in [3.05, 3.63) is 35.9 Å². The molecule has 1 aliphatic carbocycles. The fourth-order valence-electron chi connectivity index (χ4n) is 3.75. The Morgan fingerprint density at radius 3 is 2.79 bits per heavy atom. The predicted octanol–water partition coefficient (Wildman–Crippen LogP) is 2.72. The van der Waals surface area contributed by atoms with Crippen LogP contribution in [-0.4, -0.2) is 38.2 Å². The third kappa shape index (κ3) is 2.78. The van der Waals surface area contributed by atoms with Crippen LogP contribution in [0.1, 0.15) is 20.3 Å². The average molecular weight is 326 g/mol. The molecule has 1 unspecified atom stereocenters. The number of hydrogen-bond donors (Lipinski definition) is 0. The highest BCUT2D eigenvalue weighted by Crippen LogP contribution is 2.42. The van der Waals surface area contributed by atoms with E-state index >= 15 is 0 Å². The molecule has 1 saturated heterocycles. The van der Waals surface area contributed by atoms with Crippen LogP contribution in [-0.2, 0) is 9.53 Å². The molecule has 1 aromatic carbocycles. The maximum atomic E-state index is 12.4. The highest BCUT2D eigenvalue weighted by molar-refractivity contribution is 6.04. The van der Waals surface area contributed by atoms with Gasteiger partial charge in [0.2, 0.25) is 0 Å². The van der Waals surface area contributed by atoms with Crippen molar-refractivity contribution in [3.8, 4) is 11.8 Å². The van der Waals surface area contributed by atoms with E-state index in [0.29, 0.717) is 19.6 Å². The van der Waals surface area contributed by atoms with Crippen LogP contribution in [0.4, 0.5) is 5.69 Å². The van der Waals surface area contributed by atoms with Crippen molar-refractivity contribution in [2.75, 3.05) is 31.7 Å². The van der Waals surface area contributed by atoms with Gasteiger partial charge in [0.15, 0.2) is 5.78 Å². The molecular weight excluding hydrogens is 304 g/mol. The van der Waals surface area contributed by atoms with Crippen LogP contribution in [0.2, 0.25) is 0 Å². The number of morpholine rings is 1. The maximum Gasteiger partial charge on any atom is 0.178 e. The van der Waals surface area contributed by atoms with Gasteiger partial charge in [-0.1, -0.05) is 26.0 Å². The fraction of sp³-hybridized carbons (Fsp3) is 0.474. The van der Waals surface area contributed by atoms with Crippen molar-refractivity contribution >= 4 is 11.5 Å². The van der Waals surface area contributed by atoms with Crippen molar-refractivity contribution in [1.29, 1.82) is 5.26 Å². The molecule has 1 aliphatic heterocycles. The first kappa shape index (κ1) is 16.5. The number of methoxy groups -OCH3 is 1. The van der Waals surface area contributed by atoms with E-state index in [0.717, 1.165) is 18.0 Å². The molecule has 5 heteroatoms. The zero-order valence-electron chi connectivity index (χ0n) is 14.3. The van der Waals surface area contributed by atoms with Crippen LogP contribution in [0.3, 0.4) is 0 Å². The molecule has 0 amide bonds. The number of Topliss-reactive ketones (excluding diaryl/α,β-unsaturated/α-hetero) is 1. The van der Waals surface area contributed by atoms with Crippen LogP contribution in [0.15, 0.2) is 35.9 Å². The van der Waals surface area contributed by atoms with E-state index in [1.807, 2.05) is 44.2 Å². The number of rotatable bonds is 2. The van der Waals surface area contributed by atoms with Crippen molar-refractivity contribution in [2.45, 2.75) is 25.9 Å². The lowest BCUT2D eigenvalue weighted by Gasteiger charge is -2.47. The van der Waals surface area contributed by atoms with Gasteiger partial charge in [0.1, 0.15) is 17.4 Å². The topological polar surface area (TPSA) is 62.6 Å². The molecule has 1 heterocycles. The Kier molecular flexibility index (Phi) is 4.10. The van der Waals surface area contributed by atoms with Crippen LogP contribution >= 0.6 is 0 Å². The molecule has 0 bridgehead atoms. The highest BCUT2D eigenvalue weighted by atomic mass is 16.5. The Labute approximate surface area is 142 Å². The molecule has 0 N–H and O–H groups in total. The SMILES string of the molecule is COc1ccccc1N1CCOC2(C=C(C#N)C(=O)C(C)(C)C2)C1. The first-order valence-electron chi connectivity index (χ1n) is 8.10. The van der Waals surface area contributed by atoms with E-state index in [2.05, 4.69) is 4.90 Å². The predicted molar refractivity (Wildman–Crippen MR) is 91.0 cm³/mol. The number of ether oxygens (including phenoxy) is 2. The summed E-state index contributed by atoms with van der Waals surface area (Å²) in [6.07, 6.45) is 2.29. The molecule has 1 aromatic rings. The van der Waals surface area contributed by atoms with Gasteiger partial charge in [-0.2, -0.15) is 5.26 Å². The number of benzene rings is 1. The molecule has 126 valence electrons. The largest absolute Gasteiger partial charge is 0.495 e. The zero-order valence-corrected chi connectivity index (χ0v) is 14.3. The number of anilines is 1. The van der Waals surface area contributed by atoms with Gasteiger partial charge in [0.25, 0.3) is 0 Å². The van der Waals surface area contributed by atoms with E-state index in [-0.39, 0.29) is 11.4 Å². The number of nitriles is 1. The molecule has 1 atom stereocenters. The molecular formula is C19H22N2O3. The van der Waals surface area contributed by atoms with Crippen LogP contribution < -0.4 is 9.64 Å². The Balaban J connectivity index is 1.97. The minimum absolute atomic E-state index is 0.103. The van der Waals surface area contributed by atoms with E-state index in [1.54, 1.807) is 13.2 Å². The second-order valence-electron chi connectivity index (χ2n) is 7.07. The van der Waals surface area contributed by atoms with Crippen molar-refractivity contribution < 1.29 is 14.3 Å². The zero-order chi connectivity index (χ0) is 17.4. The molecule has 2 aliphatic rings. The second kappa shape index (κ2) is 5.95. The molecule has 0 aromatic heterocycles. The summed E-state index contributed by atoms with van der Waals surface area (Å²) in [6.45, 7) is 5.64. The highest BCUT2D eigenvalue weighted by Gasteiger charge is 2.48. The third-order valence-electron chi connectivity index (χ3n) is 4.76. The Bertz CT molecular complexity index is 732. The van der Waals surface area contributed by atoms with E-state index in [9.17, 15) is 10.1 Å². The van der Waals surface area contributed by atoms with E-state index in [1.165, 1.54) is 0 Å². The minimum atomic E-state index is -0.623. The Morgan fingerprint density at radius 1 is 1.33 bits per heavy atom. The van der Waals surface area contributed by atoms with Gasteiger partial charge in [-0.05, 0) is 24.6 Å². The third-order valence-corrected chi connectivity index (χ3v) is 4.76.